The second-order valence-electron chi connectivity index (χ2n) is 4.93. The Labute approximate surface area is 134 Å². The predicted octanol–water partition coefficient (Wildman–Crippen LogP) is 1.09. The van der Waals surface area contributed by atoms with Crippen LogP contribution in [-0.4, -0.2) is 43.0 Å². The summed E-state index contributed by atoms with van der Waals surface area (Å²) in [6, 6.07) is 3.07. The Kier molecular flexibility index (Phi) is 6.94. The molecule has 1 aromatic heterocycles. The number of nitrogens with zero attached hydrogens (tertiary/aromatic N) is 1. The van der Waals surface area contributed by atoms with Gasteiger partial charge in [-0.2, -0.15) is 0 Å². The molecule has 3 amide bonds. The summed E-state index contributed by atoms with van der Waals surface area (Å²) in [4.78, 5) is 26.1. The van der Waals surface area contributed by atoms with Gasteiger partial charge in [0, 0.05) is 24.5 Å². The molecule has 21 heavy (non-hydrogen) atoms. The van der Waals surface area contributed by atoms with E-state index in [1.54, 1.807) is 4.90 Å². The monoisotopic (exact) mass is 332 g/mol. The number of halogens is 1. The Hall–Kier alpha value is -1.31. The first kappa shape index (κ1) is 17.7. The van der Waals surface area contributed by atoms with Gasteiger partial charge in [-0.1, -0.05) is 6.07 Å². The van der Waals surface area contributed by atoms with Crippen molar-refractivity contribution in [2.24, 2.45) is 5.73 Å². The molecule has 2 atom stereocenters. The number of likely N-dealkylation sites (N-methyl/N-ethyl adjacent to an activating group) is 1. The van der Waals surface area contributed by atoms with E-state index in [9.17, 15) is 9.59 Å². The standard InChI is InChI=1S/C13H20N4O2S.ClH/c1-17(9-4-5-15-8-9)12(18)7-10(16-13(14)19)11-3-2-6-20-11;/h2-3,6,9-10,15H,4-5,7-8H2,1H3,(H3,14,16,19);1H. The van der Waals surface area contributed by atoms with Gasteiger partial charge in [-0.05, 0) is 24.4 Å². The van der Waals surface area contributed by atoms with Crippen molar-refractivity contribution in [2.75, 3.05) is 20.1 Å². The SMILES string of the molecule is CN(C(=O)CC(NC(N)=O)c1cccs1)C1CCNC1.Cl. The molecule has 8 heteroatoms. The van der Waals surface area contributed by atoms with E-state index in [1.807, 2.05) is 24.6 Å². The molecule has 6 nitrogen and oxygen atoms in total. The molecule has 0 aliphatic carbocycles. The Balaban J connectivity index is 0.00000220. The highest BCUT2D eigenvalue weighted by atomic mass is 35.5. The van der Waals surface area contributed by atoms with Crippen molar-refractivity contribution in [3.8, 4) is 0 Å². The quantitative estimate of drug-likeness (QED) is 0.754. The number of primary amides is 1. The van der Waals surface area contributed by atoms with Crippen molar-refractivity contribution in [2.45, 2.75) is 24.9 Å². The highest BCUT2D eigenvalue weighted by Crippen LogP contribution is 2.23. The minimum Gasteiger partial charge on any atom is -0.352 e. The third-order valence-corrected chi connectivity index (χ3v) is 4.54. The largest absolute Gasteiger partial charge is 0.352 e. The van der Waals surface area contributed by atoms with Gasteiger partial charge in [0.05, 0.1) is 12.5 Å². The Morgan fingerprint density at radius 2 is 2.38 bits per heavy atom. The zero-order valence-corrected chi connectivity index (χ0v) is 13.5. The number of nitrogens with two attached hydrogens (primary N) is 1. The van der Waals surface area contributed by atoms with Crippen molar-refractivity contribution in [1.82, 2.24) is 15.5 Å². The maximum absolute atomic E-state index is 12.3. The van der Waals surface area contributed by atoms with Gasteiger partial charge >= 0.3 is 6.03 Å². The van der Waals surface area contributed by atoms with Crippen LogP contribution < -0.4 is 16.4 Å². The molecule has 0 bridgehead atoms. The van der Waals surface area contributed by atoms with E-state index < -0.39 is 6.03 Å². The van der Waals surface area contributed by atoms with Crippen LogP contribution >= 0.6 is 23.7 Å². The lowest BCUT2D eigenvalue weighted by Gasteiger charge is -2.26. The number of carbonyl (C=O) groups is 2. The molecular formula is C13H21ClN4O2S. The molecule has 4 N–H and O–H groups in total. The van der Waals surface area contributed by atoms with Gasteiger partial charge in [0.15, 0.2) is 0 Å². The molecule has 1 aliphatic rings. The van der Waals surface area contributed by atoms with E-state index in [1.165, 1.54) is 11.3 Å². The number of nitrogens with one attached hydrogen (secondary N) is 2. The fourth-order valence-electron chi connectivity index (χ4n) is 2.38. The summed E-state index contributed by atoms with van der Waals surface area (Å²) in [6.45, 7) is 1.77. The van der Waals surface area contributed by atoms with Crippen molar-refractivity contribution in [1.29, 1.82) is 0 Å². The highest BCUT2D eigenvalue weighted by Gasteiger charge is 2.26. The van der Waals surface area contributed by atoms with E-state index in [0.717, 1.165) is 24.4 Å². The number of hydrogen-bond donors (Lipinski definition) is 3. The first-order valence-electron chi connectivity index (χ1n) is 6.63. The van der Waals surface area contributed by atoms with Gasteiger partial charge in [-0.25, -0.2) is 4.79 Å². The first-order valence-corrected chi connectivity index (χ1v) is 7.51. The smallest absolute Gasteiger partial charge is 0.312 e. The van der Waals surface area contributed by atoms with Crippen LogP contribution in [0.25, 0.3) is 0 Å². The van der Waals surface area contributed by atoms with Gasteiger partial charge in [0.1, 0.15) is 0 Å². The van der Waals surface area contributed by atoms with E-state index in [0.29, 0.717) is 0 Å². The molecule has 2 heterocycles. The summed E-state index contributed by atoms with van der Waals surface area (Å²) in [6.07, 6.45) is 1.20. The maximum Gasteiger partial charge on any atom is 0.312 e. The molecule has 118 valence electrons. The Morgan fingerprint density at radius 1 is 1.62 bits per heavy atom. The molecule has 1 aliphatic heterocycles. The number of thiophene rings is 1. The minimum absolute atomic E-state index is 0. The Bertz CT molecular complexity index is 463. The first-order chi connectivity index (χ1) is 9.58. The zero-order chi connectivity index (χ0) is 14.5. The lowest BCUT2D eigenvalue weighted by atomic mass is 10.1. The summed E-state index contributed by atoms with van der Waals surface area (Å²) >= 11 is 1.51. The predicted molar refractivity (Wildman–Crippen MR) is 85.7 cm³/mol. The number of hydrogen-bond acceptors (Lipinski definition) is 4. The molecule has 1 saturated heterocycles. The van der Waals surface area contributed by atoms with Gasteiger partial charge in [-0.3, -0.25) is 4.79 Å². The third-order valence-electron chi connectivity index (χ3n) is 3.56. The molecule has 2 unspecified atom stereocenters. The molecule has 0 saturated carbocycles. The molecule has 1 fully saturated rings. The van der Waals surface area contributed by atoms with Crippen molar-refractivity contribution in [3.63, 3.8) is 0 Å². The van der Waals surface area contributed by atoms with Crippen LogP contribution in [0, 0.1) is 0 Å². The van der Waals surface area contributed by atoms with Gasteiger partial charge in [-0.15, -0.1) is 23.7 Å². The topological polar surface area (TPSA) is 87.5 Å². The molecule has 1 aromatic rings. The van der Waals surface area contributed by atoms with Crippen LogP contribution in [0.2, 0.25) is 0 Å². The second kappa shape index (κ2) is 8.21. The van der Waals surface area contributed by atoms with Crippen LogP contribution in [-0.2, 0) is 4.79 Å². The van der Waals surface area contributed by atoms with E-state index in [4.69, 9.17) is 5.73 Å². The number of urea groups is 1. The Morgan fingerprint density at radius 3 is 2.90 bits per heavy atom. The van der Waals surface area contributed by atoms with Crippen molar-refractivity contribution in [3.05, 3.63) is 22.4 Å². The summed E-state index contributed by atoms with van der Waals surface area (Å²) in [7, 11) is 1.82. The normalized spacial score (nSPS) is 18.6. The number of amides is 3. The number of carbonyl (C=O) groups excluding carboxylic acids is 2. The third kappa shape index (κ3) is 4.87. The molecule has 2 rings (SSSR count). The highest BCUT2D eigenvalue weighted by molar-refractivity contribution is 7.10. The van der Waals surface area contributed by atoms with Crippen LogP contribution in [0.4, 0.5) is 4.79 Å². The lowest BCUT2D eigenvalue weighted by molar-refractivity contribution is -0.132. The minimum atomic E-state index is -0.610. The molecule has 0 spiro atoms. The molecule has 0 radical (unpaired) electrons. The van der Waals surface area contributed by atoms with Crippen molar-refractivity contribution >= 4 is 35.7 Å². The van der Waals surface area contributed by atoms with Crippen LogP contribution in [0.5, 0.6) is 0 Å². The zero-order valence-electron chi connectivity index (χ0n) is 11.9. The maximum atomic E-state index is 12.3. The fourth-order valence-corrected chi connectivity index (χ4v) is 3.15. The summed E-state index contributed by atoms with van der Waals surface area (Å²) in [5, 5.41) is 7.80. The summed E-state index contributed by atoms with van der Waals surface area (Å²) in [5.41, 5.74) is 5.19. The van der Waals surface area contributed by atoms with E-state index in [2.05, 4.69) is 10.6 Å². The number of rotatable bonds is 5. The van der Waals surface area contributed by atoms with Crippen LogP contribution in [0.15, 0.2) is 17.5 Å². The second-order valence-corrected chi connectivity index (χ2v) is 5.91. The fraction of sp³-hybridized carbons (Fsp3) is 0.538. The summed E-state index contributed by atoms with van der Waals surface area (Å²) < 4.78 is 0. The van der Waals surface area contributed by atoms with Gasteiger partial charge in [0.25, 0.3) is 0 Å². The van der Waals surface area contributed by atoms with Gasteiger partial charge < -0.3 is 21.3 Å². The van der Waals surface area contributed by atoms with E-state index in [-0.39, 0.29) is 36.8 Å². The van der Waals surface area contributed by atoms with Crippen LogP contribution in [0.1, 0.15) is 23.8 Å². The average Bonchev–Trinajstić information content (AvgIpc) is 3.09. The van der Waals surface area contributed by atoms with Crippen molar-refractivity contribution < 1.29 is 9.59 Å². The lowest BCUT2D eigenvalue weighted by Crippen LogP contribution is -2.41. The summed E-state index contributed by atoms with van der Waals surface area (Å²) in [5.74, 6) is 0.0193. The average molecular weight is 333 g/mol. The molecule has 0 aromatic carbocycles. The van der Waals surface area contributed by atoms with Gasteiger partial charge in [0.2, 0.25) is 5.91 Å². The van der Waals surface area contributed by atoms with Crippen LogP contribution in [0.3, 0.4) is 0 Å². The van der Waals surface area contributed by atoms with E-state index >= 15 is 0 Å². The molecular weight excluding hydrogens is 312 g/mol.